The Labute approximate surface area is 197 Å². The van der Waals surface area contributed by atoms with Gasteiger partial charge in [0, 0.05) is 29.5 Å². The highest BCUT2D eigenvalue weighted by Gasteiger charge is 2.30. The second kappa shape index (κ2) is 9.63. The van der Waals surface area contributed by atoms with Crippen molar-refractivity contribution >= 4 is 28.4 Å². The lowest BCUT2D eigenvalue weighted by atomic mass is 10.1. The Kier molecular flexibility index (Phi) is 6.61. The molecule has 0 fully saturated rings. The molecule has 0 aliphatic carbocycles. The van der Waals surface area contributed by atoms with Crippen LogP contribution in [0.4, 0.5) is 18.9 Å². The van der Waals surface area contributed by atoms with Crippen molar-refractivity contribution in [2.45, 2.75) is 25.6 Å². The summed E-state index contributed by atoms with van der Waals surface area (Å²) < 4.78 is 40.4. The summed E-state index contributed by atoms with van der Waals surface area (Å²) in [4.78, 5) is 37.9. The summed E-state index contributed by atoms with van der Waals surface area (Å²) >= 11 is 0. The average Bonchev–Trinajstić information content (AvgIpc) is 3.22. The summed E-state index contributed by atoms with van der Waals surface area (Å²) in [6.07, 6.45) is 2.32. The number of alkyl halides is 3. The third kappa shape index (κ3) is 5.19. The van der Waals surface area contributed by atoms with Gasteiger partial charge in [-0.2, -0.15) is 13.2 Å². The first-order valence-corrected chi connectivity index (χ1v) is 10.5. The fraction of sp³-hybridized carbons (Fsp3) is 0.208. The van der Waals surface area contributed by atoms with E-state index in [-0.39, 0.29) is 35.9 Å². The largest absolute Gasteiger partial charge is 0.416 e. The second-order valence-corrected chi connectivity index (χ2v) is 7.96. The lowest BCUT2D eigenvalue weighted by Gasteiger charge is -2.10. The van der Waals surface area contributed by atoms with Crippen molar-refractivity contribution in [2.75, 3.05) is 11.9 Å². The molecule has 8 nitrogen and oxygen atoms in total. The first kappa shape index (κ1) is 24.0. The Morgan fingerprint density at radius 1 is 1.14 bits per heavy atom. The van der Waals surface area contributed by atoms with E-state index in [4.69, 9.17) is 0 Å². The topological polar surface area (TPSA) is 110 Å². The average molecular weight is 483 g/mol. The third-order valence-electron chi connectivity index (χ3n) is 5.38. The molecule has 2 N–H and O–H groups in total. The number of ketones is 1. The number of aliphatic hydroxyl groups is 1. The number of aromatic nitrogens is 4. The fourth-order valence-corrected chi connectivity index (χ4v) is 3.63. The van der Waals surface area contributed by atoms with Crippen LogP contribution in [0.2, 0.25) is 0 Å². The normalized spacial score (nSPS) is 12.5. The molecule has 0 aliphatic rings. The Bertz CT molecular complexity index is 1400. The number of anilines is 1. The van der Waals surface area contributed by atoms with Crippen LogP contribution in [0.1, 0.15) is 40.0 Å². The van der Waals surface area contributed by atoms with E-state index in [1.54, 1.807) is 17.7 Å². The van der Waals surface area contributed by atoms with E-state index in [0.717, 1.165) is 12.1 Å². The molecule has 1 amide bonds. The standard InChI is InChI=1S/C24H20F3N5O3/c1-14(12-33)32-11-20(19-10-29-13-30-23(19)32)22(35)16-7-18(9-28-8-16)31-21(34)6-15-3-2-4-17(5-15)24(25,26)27/h2-5,7-11,13-14,33H,6,12H2,1H3,(H,31,34)/t14-/m1/s1. The zero-order valence-electron chi connectivity index (χ0n) is 18.5. The van der Waals surface area contributed by atoms with Crippen molar-refractivity contribution in [1.82, 2.24) is 19.5 Å². The number of hydrogen-bond donors (Lipinski definition) is 2. The highest BCUT2D eigenvalue weighted by Crippen LogP contribution is 2.30. The zero-order valence-corrected chi connectivity index (χ0v) is 18.5. The number of fused-ring (bicyclic) bond motifs is 1. The second-order valence-electron chi connectivity index (χ2n) is 7.96. The number of benzene rings is 1. The van der Waals surface area contributed by atoms with Crippen molar-refractivity contribution in [3.63, 3.8) is 0 Å². The molecule has 0 unspecified atom stereocenters. The monoisotopic (exact) mass is 483 g/mol. The minimum Gasteiger partial charge on any atom is -0.394 e. The lowest BCUT2D eigenvalue weighted by molar-refractivity contribution is -0.137. The predicted molar refractivity (Wildman–Crippen MR) is 121 cm³/mol. The molecule has 0 saturated heterocycles. The molecule has 0 spiro atoms. The molecule has 0 radical (unpaired) electrons. The number of pyridine rings is 1. The first-order chi connectivity index (χ1) is 16.7. The van der Waals surface area contributed by atoms with Crippen molar-refractivity contribution in [2.24, 2.45) is 0 Å². The first-order valence-electron chi connectivity index (χ1n) is 10.5. The summed E-state index contributed by atoms with van der Waals surface area (Å²) in [5.41, 5.74) is 0.551. The van der Waals surface area contributed by atoms with Gasteiger partial charge in [-0.1, -0.05) is 18.2 Å². The predicted octanol–water partition coefficient (Wildman–Crippen LogP) is 3.81. The molecule has 0 aliphatic heterocycles. The maximum Gasteiger partial charge on any atom is 0.416 e. The van der Waals surface area contributed by atoms with Gasteiger partial charge in [0.05, 0.1) is 42.1 Å². The minimum atomic E-state index is -4.51. The van der Waals surface area contributed by atoms with E-state index >= 15 is 0 Å². The van der Waals surface area contributed by atoms with Gasteiger partial charge in [0.25, 0.3) is 0 Å². The van der Waals surface area contributed by atoms with Crippen LogP contribution in [0.15, 0.2) is 61.4 Å². The van der Waals surface area contributed by atoms with Crippen molar-refractivity contribution in [3.8, 4) is 0 Å². The van der Waals surface area contributed by atoms with Gasteiger partial charge in [-0.05, 0) is 24.6 Å². The van der Waals surface area contributed by atoms with Crippen LogP contribution in [0, 0.1) is 0 Å². The molecule has 4 rings (SSSR count). The van der Waals surface area contributed by atoms with E-state index in [1.165, 1.54) is 43.1 Å². The smallest absolute Gasteiger partial charge is 0.394 e. The van der Waals surface area contributed by atoms with Crippen LogP contribution in [0.3, 0.4) is 0 Å². The highest BCUT2D eigenvalue weighted by atomic mass is 19.4. The van der Waals surface area contributed by atoms with E-state index < -0.39 is 23.4 Å². The molecule has 180 valence electrons. The Hall–Kier alpha value is -4.12. The molecule has 1 aromatic carbocycles. The molecule has 3 aromatic heterocycles. The van der Waals surface area contributed by atoms with Crippen LogP contribution < -0.4 is 5.32 Å². The zero-order chi connectivity index (χ0) is 25.2. The molecule has 0 saturated carbocycles. The molecule has 35 heavy (non-hydrogen) atoms. The number of hydrogen-bond acceptors (Lipinski definition) is 6. The van der Waals surface area contributed by atoms with Gasteiger partial charge in [0.1, 0.15) is 12.0 Å². The Morgan fingerprint density at radius 3 is 2.69 bits per heavy atom. The van der Waals surface area contributed by atoms with Crippen molar-refractivity contribution < 1.29 is 27.9 Å². The maximum absolute atomic E-state index is 13.3. The van der Waals surface area contributed by atoms with Crippen molar-refractivity contribution in [3.05, 3.63) is 83.7 Å². The summed E-state index contributed by atoms with van der Waals surface area (Å²) in [5.74, 6) is -0.951. The minimum absolute atomic E-state index is 0.156. The molecular formula is C24H20F3N5O3. The summed E-state index contributed by atoms with van der Waals surface area (Å²) in [6, 6.07) is 5.63. The van der Waals surface area contributed by atoms with Crippen molar-refractivity contribution in [1.29, 1.82) is 0 Å². The number of carbonyl (C=O) groups excluding carboxylic acids is 2. The summed E-state index contributed by atoms with van der Waals surface area (Å²) in [7, 11) is 0. The number of halogens is 3. The van der Waals surface area contributed by atoms with Gasteiger partial charge in [0.15, 0.2) is 5.78 Å². The molecular weight excluding hydrogens is 463 g/mol. The van der Waals surface area contributed by atoms with Crippen LogP contribution in [-0.2, 0) is 17.4 Å². The van der Waals surface area contributed by atoms with Gasteiger partial charge >= 0.3 is 6.18 Å². The molecule has 11 heteroatoms. The Morgan fingerprint density at radius 2 is 1.94 bits per heavy atom. The quantitative estimate of drug-likeness (QED) is 0.387. The van der Waals surface area contributed by atoms with E-state index in [2.05, 4.69) is 20.3 Å². The number of amides is 1. The number of nitrogens with one attached hydrogen (secondary N) is 1. The van der Waals surface area contributed by atoms with E-state index in [9.17, 15) is 27.9 Å². The van der Waals surface area contributed by atoms with Gasteiger partial charge in [-0.25, -0.2) is 9.97 Å². The molecule has 0 bridgehead atoms. The summed E-state index contributed by atoms with van der Waals surface area (Å²) in [6.45, 7) is 1.62. The number of nitrogens with zero attached hydrogens (tertiary/aromatic N) is 4. The third-order valence-corrected chi connectivity index (χ3v) is 5.38. The van der Waals surface area contributed by atoms with E-state index in [1.807, 2.05) is 0 Å². The van der Waals surface area contributed by atoms with Crippen LogP contribution in [0.25, 0.3) is 11.0 Å². The molecule has 3 heterocycles. The van der Waals surface area contributed by atoms with Gasteiger partial charge in [0.2, 0.25) is 5.91 Å². The maximum atomic E-state index is 13.3. The number of rotatable bonds is 7. The van der Waals surface area contributed by atoms with Gasteiger partial charge in [-0.15, -0.1) is 0 Å². The summed E-state index contributed by atoms with van der Waals surface area (Å²) in [5, 5.41) is 12.6. The van der Waals surface area contributed by atoms with Crippen LogP contribution >= 0.6 is 0 Å². The lowest BCUT2D eigenvalue weighted by Crippen LogP contribution is -2.16. The van der Waals surface area contributed by atoms with E-state index in [0.29, 0.717) is 16.6 Å². The highest BCUT2D eigenvalue weighted by molar-refractivity contribution is 6.16. The van der Waals surface area contributed by atoms with Crippen LogP contribution in [0.5, 0.6) is 0 Å². The van der Waals surface area contributed by atoms with Crippen LogP contribution in [-0.4, -0.2) is 42.9 Å². The fourth-order valence-electron chi connectivity index (χ4n) is 3.63. The number of aliphatic hydroxyl groups excluding tert-OH is 1. The number of carbonyl (C=O) groups is 2. The van der Waals surface area contributed by atoms with Gasteiger partial charge in [-0.3, -0.25) is 14.6 Å². The van der Waals surface area contributed by atoms with Gasteiger partial charge < -0.3 is 15.0 Å². The molecule has 4 aromatic rings. The Balaban J connectivity index is 1.55. The SMILES string of the molecule is C[C@H](CO)n1cc(C(=O)c2cncc(NC(=O)Cc3cccc(C(F)(F)F)c3)c2)c2cncnc21. The molecule has 1 atom stereocenters.